The fourth-order valence-corrected chi connectivity index (χ4v) is 3.31. The maximum atomic E-state index is 13.1. The number of para-hydroxylation sites is 1. The van der Waals surface area contributed by atoms with Crippen LogP contribution >= 0.6 is 0 Å². The summed E-state index contributed by atoms with van der Waals surface area (Å²) in [6, 6.07) is 6.10. The first-order valence-electron chi connectivity index (χ1n) is 9.92. The van der Waals surface area contributed by atoms with E-state index in [1.165, 1.54) is 13.2 Å². The van der Waals surface area contributed by atoms with Crippen LogP contribution in [0.15, 0.2) is 35.5 Å². The van der Waals surface area contributed by atoms with E-state index in [1.807, 2.05) is 20.8 Å². The molecule has 8 nitrogen and oxygen atoms in total. The van der Waals surface area contributed by atoms with Crippen LogP contribution in [0.4, 0.5) is 5.69 Å². The minimum absolute atomic E-state index is 0.119. The van der Waals surface area contributed by atoms with Gasteiger partial charge in [0.15, 0.2) is 0 Å². The Kier molecular flexibility index (Phi) is 9.01. The molecule has 1 atom stereocenters. The zero-order valence-electron chi connectivity index (χ0n) is 18.8. The van der Waals surface area contributed by atoms with Crippen LogP contribution in [0.25, 0.3) is 0 Å². The predicted molar refractivity (Wildman–Crippen MR) is 114 cm³/mol. The summed E-state index contributed by atoms with van der Waals surface area (Å²) in [5.74, 6) is -2.06. The van der Waals surface area contributed by atoms with E-state index in [9.17, 15) is 19.7 Å². The van der Waals surface area contributed by atoms with Crippen LogP contribution in [-0.4, -0.2) is 37.1 Å². The molecular weight excluding hydrogens is 388 g/mol. The van der Waals surface area contributed by atoms with E-state index in [2.05, 4.69) is 5.32 Å². The first kappa shape index (κ1) is 25.1. The lowest BCUT2D eigenvalue weighted by atomic mass is 9.69. The second-order valence-electron chi connectivity index (χ2n) is 8.02. The minimum atomic E-state index is -1.29. The van der Waals surface area contributed by atoms with Crippen molar-refractivity contribution in [2.24, 2.45) is 11.3 Å². The van der Waals surface area contributed by atoms with Crippen molar-refractivity contribution < 1.29 is 24.0 Å². The first-order chi connectivity index (χ1) is 14.0. The van der Waals surface area contributed by atoms with Crippen LogP contribution in [0.1, 0.15) is 53.0 Å². The molecule has 8 heteroatoms. The Morgan fingerprint density at radius 2 is 1.83 bits per heavy atom. The smallest absolute Gasteiger partial charge is 0.336 e. The number of hydrogen-bond acceptors (Lipinski definition) is 7. The van der Waals surface area contributed by atoms with Crippen molar-refractivity contribution in [3.05, 3.63) is 51.2 Å². The second kappa shape index (κ2) is 10.8. The van der Waals surface area contributed by atoms with E-state index in [-0.39, 0.29) is 29.3 Å². The number of benzene rings is 1. The van der Waals surface area contributed by atoms with Gasteiger partial charge in [-0.1, -0.05) is 32.0 Å². The second-order valence-corrected chi connectivity index (χ2v) is 8.02. The maximum Gasteiger partial charge on any atom is 0.336 e. The summed E-state index contributed by atoms with van der Waals surface area (Å²) in [5.41, 5.74) is -0.594. The van der Waals surface area contributed by atoms with Crippen molar-refractivity contribution >= 4 is 17.6 Å². The molecular formula is C22H32N2O6. The molecule has 0 bridgehead atoms. The fraction of sp³-hybridized carbons (Fsp3) is 0.545. The molecule has 0 saturated heterocycles. The molecule has 0 fully saturated rings. The van der Waals surface area contributed by atoms with E-state index < -0.39 is 28.2 Å². The van der Waals surface area contributed by atoms with Gasteiger partial charge >= 0.3 is 11.9 Å². The zero-order chi connectivity index (χ0) is 23.1. The number of carbonyl (C=O) groups excluding carboxylic acids is 2. The molecule has 1 aromatic carbocycles. The average molecular weight is 421 g/mol. The summed E-state index contributed by atoms with van der Waals surface area (Å²) in [5, 5.41) is 14.8. The normalized spacial score (nSPS) is 13.3. The Labute approximate surface area is 177 Å². The third-order valence-electron chi connectivity index (χ3n) is 4.78. The van der Waals surface area contributed by atoms with E-state index >= 15 is 0 Å². The zero-order valence-corrected chi connectivity index (χ0v) is 18.8. The number of nitro benzene ring substituents is 1. The number of rotatable bonds is 10. The summed E-state index contributed by atoms with van der Waals surface area (Å²) >= 11 is 0. The molecule has 30 heavy (non-hydrogen) atoms. The van der Waals surface area contributed by atoms with E-state index in [0.717, 1.165) is 0 Å². The molecule has 0 spiro atoms. The quantitative estimate of drug-likeness (QED) is 0.264. The molecule has 0 aromatic heterocycles. The lowest BCUT2D eigenvalue weighted by molar-refractivity contribution is -0.385. The maximum absolute atomic E-state index is 13.1. The molecule has 1 rings (SSSR count). The van der Waals surface area contributed by atoms with E-state index in [1.54, 1.807) is 39.0 Å². The van der Waals surface area contributed by atoms with Crippen LogP contribution < -0.4 is 5.32 Å². The summed E-state index contributed by atoms with van der Waals surface area (Å²) in [4.78, 5) is 37.1. The highest BCUT2D eigenvalue weighted by Crippen LogP contribution is 2.46. The Balaban J connectivity index is 3.80. The Morgan fingerprint density at radius 3 is 2.33 bits per heavy atom. The van der Waals surface area contributed by atoms with E-state index in [4.69, 9.17) is 9.47 Å². The summed E-state index contributed by atoms with van der Waals surface area (Å²) in [6.07, 6.45) is 0. The van der Waals surface area contributed by atoms with Gasteiger partial charge in [0.25, 0.3) is 5.69 Å². The van der Waals surface area contributed by atoms with Gasteiger partial charge in [-0.3, -0.25) is 14.9 Å². The van der Waals surface area contributed by atoms with Gasteiger partial charge in [-0.2, -0.15) is 0 Å². The Hall–Kier alpha value is -2.90. The number of esters is 2. The Bertz CT molecular complexity index is 814. The number of carbonyl (C=O) groups is 2. The highest BCUT2D eigenvalue weighted by Gasteiger charge is 2.46. The molecule has 166 valence electrons. The van der Waals surface area contributed by atoms with Crippen LogP contribution in [0.3, 0.4) is 0 Å². The lowest BCUT2D eigenvalue weighted by Gasteiger charge is -2.34. The van der Waals surface area contributed by atoms with Crippen molar-refractivity contribution in [3.8, 4) is 0 Å². The van der Waals surface area contributed by atoms with Crippen molar-refractivity contribution in [2.75, 3.05) is 20.3 Å². The number of nitrogens with zero attached hydrogens (tertiary/aromatic N) is 1. The van der Waals surface area contributed by atoms with Gasteiger partial charge < -0.3 is 14.8 Å². The topological polar surface area (TPSA) is 108 Å². The highest BCUT2D eigenvalue weighted by atomic mass is 16.6. The van der Waals surface area contributed by atoms with Gasteiger partial charge in [0, 0.05) is 29.8 Å². The number of hydrogen-bond donors (Lipinski definition) is 1. The number of nitro groups is 1. The molecule has 0 aliphatic carbocycles. The van der Waals surface area contributed by atoms with Gasteiger partial charge in [0.05, 0.1) is 29.6 Å². The number of allylic oxidation sites excluding steroid dienone is 1. The molecule has 0 saturated carbocycles. The molecule has 1 aromatic rings. The highest BCUT2D eigenvalue weighted by molar-refractivity contribution is 5.93. The van der Waals surface area contributed by atoms with E-state index in [0.29, 0.717) is 12.2 Å². The summed E-state index contributed by atoms with van der Waals surface area (Å²) in [6.45, 7) is 11.3. The Morgan fingerprint density at radius 1 is 1.23 bits per heavy atom. The fourth-order valence-electron chi connectivity index (χ4n) is 3.31. The largest absolute Gasteiger partial charge is 0.466 e. The molecule has 0 radical (unpaired) electrons. The van der Waals surface area contributed by atoms with Crippen molar-refractivity contribution in [2.45, 2.75) is 47.5 Å². The third-order valence-corrected chi connectivity index (χ3v) is 4.78. The molecule has 1 N–H and O–H groups in total. The molecule has 0 aliphatic heterocycles. The monoisotopic (exact) mass is 420 g/mol. The van der Waals surface area contributed by atoms with Gasteiger partial charge in [-0.25, -0.2) is 4.79 Å². The predicted octanol–water partition coefficient (Wildman–Crippen LogP) is 3.96. The SMILES string of the molecule is CCN/C(C)=C(/C(=O)OC)C(c1ccccc1[N+](=O)[O-])C(C)(C)C(=O)OCC(C)C. The molecule has 1 unspecified atom stereocenters. The van der Waals surface area contributed by atoms with Crippen LogP contribution in [-0.2, 0) is 19.1 Å². The summed E-state index contributed by atoms with van der Waals surface area (Å²) in [7, 11) is 1.24. The molecule has 0 aliphatic rings. The lowest BCUT2D eigenvalue weighted by Crippen LogP contribution is -2.38. The van der Waals surface area contributed by atoms with Crippen LogP contribution in [0.2, 0.25) is 0 Å². The number of methoxy groups -OCH3 is 1. The van der Waals surface area contributed by atoms with Crippen LogP contribution in [0, 0.1) is 21.4 Å². The number of ether oxygens (including phenoxy) is 2. The minimum Gasteiger partial charge on any atom is -0.466 e. The first-order valence-corrected chi connectivity index (χ1v) is 9.92. The van der Waals surface area contributed by atoms with Gasteiger partial charge in [-0.05, 0) is 33.6 Å². The van der Waals surface area contributed by atoms with Crippen LogP contribution in [0.5, 0.6) is 0 Å². The standard InChI is InChI=1S/C22H32N2O6/c1-8-23-15(4)18(20(25)29-7)19(16-11-9-10-12-17(16)24(27)28)22(5,6)21(26)30-13-14(2)3/h9-12,14,19,23H,8,13H2,1-7H3/b18-15+. The van der Waals surface area contributed by atoms with Crippen molar-refractivity contribution in [1.29, 1.82) is 0 Å². The molecule has 0 amide bonds. The summed E-state index contributed by atoms with van der Waals surface area (Å²) < 4.78 is 10.5. The van der Waals surface area contributed by atoms with Gasteiger partial charge in [-0.15, -0.1) is 0 Å². The molecule has 0 heterocycles. The van der Waals surface area contributed by atoms with Crippen molar-refractivity contribution in [3.63, 3.8) is 0 Å². The third kappa shape index (κ3) is 5.81. The van der Waals surface area contributed by atoms with Crippen molar-refractivity contribution in [1.82, 2.24) is 5.32 Å². The van der Waals surface area contributed by atoms with Gasteiger partial charge in [0.1, 0.15) is 0 Å². The van der Waals surface area contributed by atoms with Gasteiger partial charge in [0.2, 0.25) is 0 Å². The number of nitrogens with one attached hydrogen (secondary N) is 1. The average Bonchev–Trinajstić information content (AvgIpc) is 2.69.